The Balaban J connectivity index is 1.08. The molecule has 11 heteroatoms. The molecule has 4 N–H and O–H groups in total. The molecule has 1 aliphatic heterocycles. The van der Waals surface area contributed by atoms with Gasteiger partial charge in [-0.15, -0.1) is 0 Å². The van der Waals surface area contributed by atoms with Gasteiger partial charge in [0.2, 0.25) is 23.6 Å². The van der Waals surface area contributed by atoms with Gasteiger partial charge >= 0.3 is 0 Å². The van der Waals surface area contributed by atoms with Gasteiger partial charge in [0.1, 0.15) is 29.5 Å². The summed E-state index contributed by atoms with van der Waals surface area (Å²) in [5.41, 5.74) is 4.89. The summed E-state index contributed by atoms with van der Waals surface area (Å²) >= 11 is 0. The Morgan fingerprint density at radius 2 is 1.58 bits per heavy atom. The number of rotatable bonds is 12. The van der Waals surface area contributed by atoms with E-state index >= 15 is 0 Å². The smallest absolute Gasteiger partial charge is 0.246 e. The zero-order valence-electron chi connectivity index (χ0n) is 31.9. The minimum Gasteiger partial charge on any atom is -0.459 e. The van der Waals surface area contributed by atoms with Crippen LogP contribution in [0.1, 0.15) is 81.5 Å². The first-order chi connectivity index (χ1) is 26.3. The summed E-state index contributed by atoms with van der Waals surface area (Å²) in [7, 11) is 0. The van der Waals surface area contributed by atoms with Gasteiger partial charge in [-0.1, -0.05) is 99.1 Å². The van der Waals surface area contributed by atoms with Crippen molar-refractivity contribution >= 4 is 34.6 Å². The first-order valence-electron chi connectivity index (χ1n) is 18.7. The Morgan fingerprint density at radius 1 is 0.855 bits per heavy atom. The van der Waals surface area contributed by atoms with E-state index in [1.54, 1.807) is 18.5 Å². The van der Waals surface area contributed by atoms with E-state index in [0.29, 0.717) is 11.3 Å². The van der Waals surface area contributed by atoms with E-state index in [2.05, 4.69) is 33.1 Å². The van der Waals surface area contributed by atoms with E-state index in [4.69, 9.17) is 4.42 Å². The Hall–Kier alpha value is -5.81. The molecular weight excluding hydrogens is 695 g/mol. The molecule has 1 fully saturated rings. The predicted octanol–water partition coefficient (Wildman–Crippen LogP) is 6.16. The quantitative estimate of drug-likeness (QED) is 0.119. The van der Waals surface area contributed by atoms with Crippen molar-refractivity contribution in [1.82, 2.24) is 25.8 Å². The lowest BCUT2D eigenvalue weighted by molar-refractivity contribution is -0.144. The zero-order chi connectivity index (χ0) is 39.3. The minimum atomic E-state index is -1.02. The summed E-state index contributed by atoms with van der Waals surface area (Å²) in [5.74, 6) is -1.21. The highest BCUT2D eigenvalue weighted by molar-refractivity contribution is 5.94. The fraction of sp³-hybridized carbons (Fsp3) is 0.341. The number of hydrogen-bond donors (Lipinski definition) is 4. The molecule has 5 atom stereocenters. The van der Waals surface area contributed by atoms with Gasteiger partial charge in [-0.2, -0.15) is 0 Å². The average molecular weight is 744 g/mol. The average Bonchev–Trinajstić information content (AvgIpc) is 3.78. The van der Waals surface area contributed by atoms with Crippen LogP contribution in [0, 0.1) is 12.3 Å². The van der Waals surface area contributed by atoms with Gasteiger partial charge in [-0.05, 0) is 54.2 Å². The van der Waals surface area contributed by atoms with E-state index in [0.717, 1.165) is 27.6 Å². The van der Waals surface area contributed by atoms with Crippen molar-refractivity contribution in [2.24, 2.45) is 5.41 Å². The number of carbonyl (C=O) groups excluding carboxylic acids is 4. The van der Waals surface area contributed by atoms with Gasteiger partial charge in [0.15, 0.2) is 0 Å². The largest absolute Gasteiger partial charge is 0.459 e. The highest BCUT2D eigenvalue weighted by Crippen LogP contribution is 2.30. The fourth-order valence-electron chi connectivity index (χ4n) is 7.01. The molecule has 55 heavy (non-hydrogen) atoms. The summed E-state index contributed by atoms with van der Waals surface area (Å²) in [5, 5.41) is 20.4. The van der Waals surface area contributed by atoms with Crippen LogP contribution in [0.15, 0.2) is 108 Å². The molecule has 3 heterocycles. The number of fused-ring (bicyclic) bond motifs is 1. The van der Waals surface area contributed by atoms with Crippen LogP contribution < -0.4 is 16.0 Å². The Kier molecular flexibility index (Phi) is 11.8. The van der Waals surface area contributed by atoms with E-state index < -0.39 is 41.5 Å². The van der Waals surface area contributed by atoms with Crippen LogP contribution in [0.3, 0.4) is 0 Å². The summed E-state index contributed by atoms with van der Waals surface area (Å²) in [6.07, 6.45) is 2.14. The van der Waals surface area contributed by atoms with Crippen LogP contribution in [-0.4, -0.2) is 63.4 Å². The van der Waals surface area contributed by atoms with Gasteiger partial charge in [0.25, 0.3) is 0 Å². The lowest BCUT2D eigenvalue weighted by atomic mass is 9.85. The molecule has 1 aliphatic rings. The second-order valence-corrected chi connectivity index (χ2v) is 15.5. The number of aliphatic hydroxyl groups is 1. The van der Waals surface area contributed by atoms with Gasteiger partial charge in [0.05, 0.1) is 12.1 Å². The molecule has 4 amide bonds. The maximum Gasteiger partial charge on any atom is 0.246 e. The SMILES string of the molecule is Cc1cccc(-c2ccc([C@@H](C)NC(=O)[C@@H]3C[C@@H](O)CN3C(=O)[C@@H](NC(=O)CCC(=O)NC(c3cccnc3)c3cc4ccccc4o3)C(C)(C)C)cc2)c1. The minimum absolute atomic E-state index is 0.0428. The number of furan rings is 1. The molecule has 2 aromatic heterocycles. The zero-order valence-corrected chi connectivity index (χ0v) is 31.9. The van der Waals surface area contributed by atoms with Crippen molar-refractivity contribution in [1.29, 1.82) is 0 Å². The van der Waals surface area contributed by atoms with Gasteiger partial charge < -0.3 is 30.4 Å². The van der Waals surface area contributed by atoms with Gasteiger partial charge in [-0.3, -0.25) is 24.2 Å². The van der Waals surface area contributed by atoms with Gasteiger partial charge in [0, 0.05) is 49.2 Å². The molecule has 6 rings (SSSR count). The summed E-state index contributed by atoms with van der Waals surface area (Å²) in [6.45, 7) is 9.34. The highest BCUT2D eigenvalue weighted by atomic mass is 16.3. The molecule has 286 valence electrons. The molecule has 11 nitrogen and oxygen atoms in total. The van der Waals surface area contributed by atoms with Crippen LogP contribution in [0.2, 0.25) is 0 Å². The van der Waals surface area contributed by atoms with Crippen molar-refractivity contribution in [3.05, 3.63) is 126 Å². The molecule has 5 aromatic rings. The number of likely N-dealkylation sites (tertiary alicyclic amines) is 1. The van der Waals surface area contributed by atoms with Crippen molar-refractivity contribution in [2.75, 3.05) is 6.54 Å². The number of hydrogen-bond acceptors (Lipinski definition) is 7. The number of carbonyl (C=O) groups is 4. The van der Waals surface area contributed by atoms with Crippen LogP contribution in [-0.2, 0) is 19.2 Å². The third kappa shape index (κ3) is 9.47. The second kappa shape index (κ2) is 16.7. The predicted molar refractivity (Wildman–Crippen MR) is 210 cm³/mol. The maximum atomic E-state index is 14.1. The Morgan fingerprint density at radius 3 is 2.25 bits per heavy atom. The lowest BCUT2D eigenvalue weighted by Crippen LogP contribution is -2.57. The standard InChI is InChI=1S/C44H49N5O6/c1-27-10-8-12-31(22-27)30-17-15-29(16-18-30)28(2)46-42(53)35-24-34(50)26-49(35)43(54)41(44(3,4)5)48-39(52)20-19-38(51)47-40(33-13-9-21-45-25-33)37-23-32-11-6-7-14-36(32)55-37/h6-18,21-23,25,28,34-35,40-41,50H,19-20,24,26H2,1-5H3,(H,46,53)(H,47,51)(H,48,52)/t28-,34-,35+,40?,41-/m1/s1. The molecule has 0 saturated carbocycles. The molecule has 0 spiro atoms. The lowest BCUT2D eigenvalue weighted by Gasteiger charge is -2.35. The summed E-state index contributed by atoms with van der Waals surface area (Å²) < 4.78 is 6.07. The topological polar surface area (TPSA) is 154 Å². The molecule has 3 aromatic carbocycles. The van der Waals surface area contributed by atoms with Crippen molar-refractivity contribution < 1.29 is 28.7 Å². The second-order valence-electron chi connectivity index (χ2n) is 15.5. The van der Waals surface area contributed by atoms with Crippen LogP contribution in [0.4, 0.5) is 0 Å². The number of aromatic nitrogens is 1. The molecule has 0 bridgehead atoms. The van der Waals surface area contributed by atoms with Crippen molar-refractivity contribution in [3.63, 3.8) is 0 Å². The van der Waals surface area contributed by atoms with Crippen LogP contribution >= 0.6 is 0 Å². The number of β-amino-alcohol motifs (C(OH)–C–C–N with tert-alkyl or cyclic N) is 1. The summed E-state index contributed by atoms with van der Waals surface area (Å²) in [6, 6.07) is 26.3. The van der Waals surface area contributed by atoms with Crippen LogP contribution in [0.25, 0.3) is 22.1 Å². The first kappa shape index (κ1) is 38.9. The Labute approximate surface area is 321 Å². The summed E-state index contributed by atoms with van der Waals surface area (Å²) in [4.78, 5) is 60.0. The van der Waals surface area contributed by atoms with Crippen molar-refractivity contribution in [2.45, 2.75) is 84.2 Å². The molecular formula is C44H49N5O6. The fourth-order valence-corrected chi connectivity index (χ4v) is 7.01. The number of nitrogens with zero attached hydrogens (tertiary/aromatic N) is 2. The normalized spacial score (nSPS) is 17.3. The number of nitrogens with one attached hydrogen (secondary N) is 3. The first-order valence-corrected chi connectivity index (χ1v) is 18.7. The maximum absolute atomic E-state index is 14.1. The highest BCUT2D eigenvalue weighted by Gasteiger charge is 2.44. The molecule has 0 aliphatic carbocycles. The molecule has 1 saturated heterocycles. The Bertz CT molecular complexity index is 2110. The van der Waals surface area contributed by atoms with E-state index in [-0.39, 0.29) is 43.7 Å². The third-order valence-corrected chi connectivity index (χ3v) is 10.0. The van der Waals surface area contributed by atoms with Crippen molar-refractivity contribution in [3.8, 4) is 11.1 Å². The van der Waals surface area contributed by atoms with Gasteiger partial charge in [-0.25, -0.2) is 0 Å². The number of benzene rings is 3. The molecule has 0 radical (unpaired) electrons. The number of pyridine rings is 1. The van der Waals surface area contributed by atoms with Crippen LogP contribution in [0.5, 0.6) is 0 Å². The third-order valence-electron chi connectivity index (χ3n) is 10.0. The number of amides is 4. The number of para-hydroxylation sites is 1. The molecule has 1 unspecified atom stereocenters. The monoisotopic (exact) mass is 743 g/mol. The number of aliphatic hydroxyl groups excluding tert-OH is 1. The van der Waals surface area contributed by atoms with E-state index in [1.807, 2.05) is 107 Å². The van der Waals surface area contributed by atoms with E-state index in [9.17, 15) is 24.3 Å². The number of aryl methyl sites for hydroxylation is 1. The van der Waals surface area contributed by atoms with E-state index in [1.165, 1.54) is 10.5 Å².